The average Bonchev–Trinajstić information content (AvgIpc) is 2.72. The molecule has 1 aliphatic rings. The lowest BCUT2D eigenvalue weighted by Gasteiger charge is -2.36. The molecule has 0 saturated carbocycles. The van der Waals surface area contributed by atoms with Crippen LogP contribution in [0.2, 0.25) is 0 Å². The summed E-state index contributed by atoms with van der Waals surface area (Å²) in [5.74, 6) is 0.966. The lowest BCUT2D eigenvalue weighted by Crippen LogP contribution is -2.46. The van der Waals surface area contributed by atoms with Gasteiger partial charge in [0.05, 0.1) is 19.4 Å². The highest BCUT2D eigenvalue weighted by molar-refractivity contribution is 5.58. The Kier molecular flexibility index (Phi) is 7.35. The number of hydrogen-bond donors (Lipinski definition) is 0. The number of ether oxygens (including phenoxy) is 2. The fraction of sp³-hybridized carbons (Fsp3) is 0.455. The molecule has 26 heavy (non-hydrogen) atoms. The highest BCUT2D eigenvalue weighted by Gasteiger charge is 2.18. The maximum atomic E-state index is 5.80. The van der Waals surface area contributed by atoms with Gasteiger partial charge in [-0.1, -0.05) is 42.5 Å². The van der Waals surface area contributed by atoms with Gasteiger partial charge in [-0.3, -0.25) is 4.90 Å². The zero-order valence-electron chi connectivity index (χ0n) is 15.8. The SMILES string of the molecule is COc1ccccc1N1CCN(CCCOCCc2ccccc2)CC1. The first kappa shape index (κ1) is 18.7. The highest BCUT2D eigenvalue weighted by Crippen LogP contribution is 2.28. The second-order valence-corrected chi connectivity index (χ2v) is 6.70. The van der Waals surface area contributed by atoms with Crippen molar-refractivity contribution in [3.05, 3.63) is 60.2 Å². The van der Waals surface area contributed by atoms with Crippen LogP contribution in [0, 0.1) is 0 Å². The van der Waals surface area contributed by atoms with Crippen LogP contribution in [0.25, 0.3) is 0 Å². The molecule has 0 aliphatic carbocycles. The molecule has 140 valence electrons. The van der Waals surface area contributed by atoms with E-state index in [1.165, 1.54) is 11.3 Å². The van der Waals surface area contributed by atoms with E-state index < -0.39 is 0 Å². The Morgan fingerprint density at radius 1 is 0.846 bits per heavy atom. The summed E-state index contributed by atoms with van der Waals surface area (Å²) in [6, 6.07) is 18.8. The third kappa shape index (κ3) is 5.48. The maximum absolute atomic E-state index is 5.80. The summed E-state index contributed by atoms with van der Waals surface area (Å²) in [6.07, 6.45) is 2.10. The number of methoxy groups -OCH3 is 1. The molecule has 2 aromatic carbocycles. The van der Waals surface area contributed by atoms with Crippen molar-refractivity contribution in [2.24, 2.45) is 0 Å². The predicted octanol–water partition coefficient (Wildman–Crippen LogP) is 3.47. The van der Waals surface area contributed by atoms with E-state index in [-0.39, 0.29) is 0 Å². The molecule has 2 aromatic rings. The van der Waals surface area contributed by atoms with Crippen molar-refractivity contribution >= 4 is 5.69 Å². The van der Waals surface area contributed by atoms with Gasteiger partial charge in [0.25, 0.3) is 0 Å². The molecular weight excluding hydrogens is 324 g/mol. The van der Waals surface area contributed by atoms with Gasteiger partial charge in [-0.15, -0.1) is 0 Å². The Labute approximate surface area is 157 Å². The van der Waals surface area contributed by atoms with Gasteiger partial charge in [0.1, 0.15) is 5.75 Å². The van der Waals surface area contributed by atoms with Crippen LogP contribution >= 0.6 is 0 Å². The van der Waals surface area contributed by atoms with Crippen LogP contribution in [0.5, 0.6) is 5.75 Å². The first-order valence-electron chi connectivity index (χ1n) is 9.59. The van der Waals surface area contributed by atoms with E-state index in [4.69, 9.17) is 9.47 Å². The quantitative estimate of drug-likeness (QED) is 0.644. The minimum atomic E-state index is 0.811. The van der Waals surface area contributed by atoms with Crippen molar-refractivity contribution in [1.29, 1.82) is 0 Å². The summed E-state index contributed by atoms with van der Waals surface area (Å²) in [6.45, 7) is 7.07. The largest absolute Gasteiger partial charge is 0.495 e. The summed E-state index contributed by atoms with van der Waals surface area (Å²) in [7, 11) is 1.74. The molecule has 0 aromatic heterocycles. The summed E-state index contributed by atoms with van der Waals surface area (Å²) in [5, 5.41) is 0. The number of anilines is 1. The second-order valence-electron chi connectivity index (χ2n) is 6.70. The van der Waals surface area contributed by atoms with Crippen LogP contribution < -0.4 is 9.64 Å². The molecule has 4 nitrogen and oxygen atoms in total. The topological polar surface area (TPSA) is 24.9 Å². The fourth-order valence-electron chi connectivity index (χ4n) is 3.43. The van der Waals surface area contributed by atoms with Gasteiger partial charge in [0.2, 0.25) is 0 Å². The predicted molar refractivity (Wildman–Crippen MR) is 107 cm³/mol. The van der Waals surface area contributed by atoms with Crippen LogP contribution in [-0.4, -0.2) is 57.9 Å². The smallest absolute Gasteiger partial charge is 0.142 e. The summed E-state index contributed by atoms with van der Waals surface area (Å²) in [5.41, 5.74) is 2.55. The number of hydrogen-bond acceptors (Lipinski definition) is 4. The van der Waals surface area contributed by atoms with Crippen molar-refractivity contribution in [3.63, 3.8) is 0 Å². The molecule has 1 aliphatic heterocycles. The molecule has 0 radical (unpaired) electrons. The van der Waals surface area contributed by atoms with Gasteiger partial charge in [0, 0.05) is 39.3 Å². The van der Waals surface area contributed by atoms with Gasteiger partial charge in [-0.05, 0) is 30.5 Å². The number of benzene rings is 2. The average molecular weight is 354 g/mol. The van der Waals surface area contributed by atoms with Crippen molar-refractivity contribution < 1.29 is 9.47 Å². The summed E-state index contributed by atoms with van der Waals surface area (Å²) >= 11 is 0. The van der Waals surface area contributed by atoms with Crippen molar-refractivity contribution in [3.8, 4) is 5.75 Å². The third-order valence-corrected chi connectivity index (χ3v) is 4.94. The molecule has 4 heteroatoms. The zero-order valence-corrected chi connectivity index (χ0v) is 15.8. The van der Waals surface area contributed by atoms with Gasteiger partial charge >= 0.3 is 0 Å². The van der Waals surface area contributed by atoms with Crippen LogP contribution in [0.4, 0.5) is 5.69 Å². The van der Waals surface area contributed by atoms with E-state index in [2.05, 4.69) is 52.3 Å². The van der Waals surface area contributed by atoms with Crippen LogP contribution in [0.3, 0.4) is 0 Å². The van der Waals surface area contributed by atoms with Crippen molar-refractivity contribution in [1.82, 2.24) is 4.90 Å². The van der Waals surface area contributed by atoms with Crippen molar-refractivity contribution in [2.75, 3.05) is 57.9 Å². The summed E-state index contributed by atoms with van der Waals surface area (Å²) < 4.78 is 11.3. The van der Waals surface area contributed by atoms with E-state index in [1.807, 2.05) is 12.1 Å². The lowest BCUT2D eigenvalue weighted by molar-refractivity contribution is 0.122. The molecule has 0 atom stereocenters. The van der Waals surface area contributed by atoms with E-state index >= 15 is 0 Å². The summed E-state index contributed by atoms with van der Waals surface area (Å²) in [4.78, 5) is 4.96. The Bertz CT molecular complexity index is 640. The van der Waals surface area contributed by atoms with E-state index in [0.717, 1.165) is 64.5 Å². The van der Waals surface area contributed by atoms with Gasteiger partial charge < -0.3 is 14.4 Å². The normalized spacial score (nSPS) is 15.2. The highest BCUT2D eigenvalue weighted by atomic mass is 16.5. The Morgan fingerprint density at radius 3 is 2.35 bits per heavy atom. The second kappa shape index (κ2) is 10.2. The fourth-order valence-corrected chi connectivity index (χ4v) is 3.43. The van der Waals surface area contributed by atoms with Crippen LogP contribution in [0.15, 0.2) is 54.6 Å². The molecule has 1 saturated heterocycles. The number of nitrogens with zero attached hydrogens (tertiary/aromatic N) is 2. The monoisotopic (exact) mass is 354 g/mol. The first-order chi connectivity index (χ1) is 12.9. The molecule has 0 spiro atoms. The number of piperazine rings is 1. The molecule has 0 unspecified atom stereocenters. The van der Waals surface area contributed by atoms with Crippen LogP contribution in [0.1, 0.15) is 12.0 Å². The third-order valence-electron chi connectivity index (χ3n) is 4.94. The minimum Gasteiger partial charge on any atom is -0.495 e. The Hall–Kier alpha value is -2.04. The molecular formula is C22H30N2O2. The Morgan fingerprint density at radius 2 is 1.58 bits per heavy atom. The molecule has 1 fully saturated rings. The molecule has 3 rings (SSSR count). The molecule has 1 heterocycles. The number of para-hydroxylation sites is 2. The van der Waals surface area contributed by atoms with Gasteiger partial charge in [-0.2, -0.15) is 0 Å². The van der Waals surface area contributed by atoms with Gasteiger partial charge in [-0.25, -0.2) is 0 Å². The maximum Gasteiger partial charge on any atom is 0.142 e. The minimum absolute atomic E-state index is 0.811. The van der Waals surface area contributed by atoms with E-state index in [1.54, 1.807) is 7.11 Å². The van der Waals surface area contributed by atoms with Crippen LogP contribution in [-0.2, 0) is 11.2 Å². The zero-order chi connectivity index (χ0) is 18.0. The van der Waals surface area contributed by atoms with Gasteiger partial charge in [0.15, 0.2) is 0 Å². The number of rotatable bonds is 9. The van der Waals surface area contributed by atoms with E-state index in [0.29, 0.717) is 0 Å². The standard InChI is InChI=1S/C22H30N2O2/c1-25-22-11-6-5-10-21(22)24-16-14-23(15-17-24)13-7-18-26-19-12-20-8-3-2-4-9-20/h2-6,8-11H,7,12-19H2,1H3. The first-order valence-corrected chi connectivity index (χ1v) is 9.59. The Balaban J connectivity index is 1.29. The van der Waals surface area contributed by atoms with E-state index in [9.17, 15) is 0 Å². The lowest BCUT2D eigenvalue weighted by atomic mass is 10.2. The molecule has 0 amide bonds. The molecule has 0 N–H and O–H groups in total. The molecule has 0 bridgehead atoms. The van der Waals surface area contributed by atoms with Crippen molar-refractivity contribution in [2.45, 2.75) is 12.8 Å².